The number of nitrogens with one attached hydrogen (secondary N) is 1. The van der Waals surface area contributed by atoms with Gasteiger partial charge in [-0.3, -0.25) is 19.2 Å². The lowest BCUT2D eigenvalue weighted by atomic mass is 10.0. The Morgan fingerprint density at radius 3 is 2.80 bits per heavy atom. The standard InChI is InChI=1S/C16H15BrN6O4S3/c1-6-19-20-16(30-6)29-5-7-4-28-14-10(13(25)23(14)11(7)15(26)27)18-12(24)9-8(17)3-22(2)21-9/h3,10,14H,4-5H2,1-2H3,(H,18,24)(H,26,27)/t10-,14-/m0/s1. The number of thioether (sulfide) groups is 2. The molecule has 2 aromatic rings. The molecule has 2 aromatic heterocycles. The van der Waals surface area contributed by atoms with E-state index in [-0.39, 0.29) is 11.4 Å². The number of amides is 2. The van der Waals surface area contributed by atoms with Crippen LogP contribution in [0.3, 0.4) is 0 Å². The molecule has 2 aliphatic rings. The van der Waals surface area contributed by atoms with Crippen molar-refractivity contribution in [1.29, 1.82) is 0 Å². The number of β-lactam (4-membered cyclic amide) rings is 1. The Morgan fingerprint density at radius 1 is 1.43 bits per heavy atom. The van der Waals surface area contributed by atoms with Crippen LogP contribution in [0.2, 0.25) is 0 Å². The SMILES string of the molecule is Cc1nnc(SCC2=C(C(=O)O)N3C(=O)[C@H](NC(=O)c4nn(C)cc4Br)[C@@H]3SC2)s1. The number of fused-ring (bicyclic) bond motifs is 1. The van der Waals surface area contributed by atoms with E-state index in [1.165, 1.54) is 44.4 Å². The molecule has 0 aromatic carbocycles. The average molecular weight is 531 g/mol. The van der Waals surface area contributed by atoms with Gasteiger partial charge in [0, 0.05) is 24.8 Å². The molecule has 2 amide bonds. The van der Waals surface area contributed by atoms with Crippen molar-refractivity contribution in [2.75, 3.05) is 11.5 Å². The second-order valence-corrected chi connectivity index (χ2v) is 10.9. The number of carboxylic acid groups (broad SMARTS) is 1. The highest BCUT2D eigenvalue weighted by atomic mass is 79.9. The number of carboxylic acids is 1. The van der Waals surface area contributed by atoms with E-state index in [0.717, 1.165) is 9.35 Å². The van der Waals surface area contributed by atoms with Crippen LogP contribution in [-0.2, 0) is 16.6 Å². The van der Waals surface area contributed by atoms with Gasteiger partial charge < -0.3 is 10.4 Å². The first-order chi connectivity index (χ1) is 14.3. The summed E-state index contributed by atoms with van der Waals surface area (Å²) < 4.78 is 2.75. The minimum atomic E-state index is -1.16. The zero-order valence-corrected chi connectivity index (χ0v) is 19.7. The lowest BCUT2D eigenvalue weighted by molar-refractivity contribution is -0.148. The first kappa shape index (κ1) is 21.3. The van der Waals surface area contributed by atoms with Gasteiger partial charge in [0.2, 0.25) is 0 Å². The molecule has 10 nitrogen and oxygen atoms in total. The maximum atomic E-state index is 12.7. The fourth-order valence-electron chi connectivity index (χ4n) is 3.10. The number of rotatable bonds is 6. The predicted molar refractivity (Wildman–Crippen MR) is 115 cm³/mol. The molecule has 0 aliphatic carbocycles. The summed E-state index contributed by atoms with van der Waals surface area (Å²) in [7, 11) is 1.68. The summed E-state index contributed by atoms with van der Waals surface area (Å²) in [5.41, 5.74) is 0.803. The number of hydrogen-bond donors (Lipinski definition) is 2. The van der Waals surface area contributed by atoms with Gasteiger partial charge in [-0.05, 0) is 28.4 Å². The molecule has 2 atom stereocenters. The fourth-order valence-corrected chi connectivity index (χ4v) is 6.96. The van der Waals surface area contributed by atoms with E-state index < -0.39 is 29.2 Å². The normalized spacial score (nSPS) is 20.8. The first-order valence-corrected chi connectivity index (χ1v) is 12.2. The van der Waals surface area contributed by atoms with Crippen molar-refractivity contribution < 1.29 is 19.5 Å². The van der Waals surface area contributed by atoms with Crippen LogP contribution in [0.1, 0.15) is 15.5 Å². The quantitative estimate of drug-likeness (QED) is 0.421. The molecular formula is C16H15BrN6O4S3. The highest BCUT2D eigenvalue weighted by Gasteiger charge is 2.54. The number of aromatic nitrogens is 4. The molecule has 0 unspecified atom stereocenters. The predicted octanol–water partition coefficient (Wildman–Crippen LogP) is 1.49. The topological polar surface area (TPSA) is 130 Å². The Balaban J connectivity index is 1.49. The monoisotopic (exact) mass is 530 g/mol. The average Bonchev–Trinajstić information content (AvgIpc) is 3.27. The highest BCUT2D eigenvalue weighted by molar-refractivity contribution is 9.10. The van der Waals surface area contributed by atoms with Crippen molar-refractivity contribution in [3.05, 3.63) is 32.6 Å². The minimum absolute atomic E-state index is 0.0120. The van der Waals surface area contributed by atoms with Crippen LogP contribution in [0, 0.1) is 6.92 Å². The third-order valence-corrected chi connectivity index (χ3v) is 8.39. The molecule has 2 N–H and O–H groups in total. The van der Waals surface area contributed by atoms with E-state index in [0.29, 0.717) is 21.6 Å². The summed E-state index contributed by atoms with van der Waals surface area (Å²) in [5.74, 6) is -1.25. The summed E-state index contributed by atoms with van der Waals surface area (Å²) in [6.07, 6.45) is 1.63. The van der Waals surface area contributed by atoms with E-state index >= 15 is 0 Å². The maximum absolute atomic E-state index is 12.7. The number of carbonyl (C=O) groups excluding carboxylic acids is 2. The molecule has 2 aliphatic heterocycles. The molecular weight excluding hydrogens is 516 g/mol. The zero-order chi connectivity index (χ0) is 21.6. The van der Waals surface area contributed by atoms with Crippen LogP contribution < -0.4 is 5.32 Å². The van der Waals surface area contributed by atoms with Gasteiger partial charge >= 0.3 is 5.97 Å². The van der Waals surface area contributed by atoms with Crippen LogP contribution in [-0.4, -0.2) is 70.7 Å². The van der Waals surface area contributed by atoms with Gasteiger partial charge in [-0.2, -0.15) is 5.10 Å². The van der Waals surface area contributed by atoms with Crippen molar-refractivity contribution in [1.82, 2.24) is 30.2 Å². The Labute approximate surface area is 191 Å². The summed E-state index contributed by atoms with van der Waals surface area (Å²) in [5, 5.41) is 24.8. The molecule has 0 spiro atoms. The van der Waals surface area contributed by atoms with E-state index in [9.17, 15) is 19.5 Å². The minimum Gasteiger partial charge on any atom is -0.477 e. The zero-order valence-electron chi connectivity index (χ0n) is 15.7. The molecule has 0 saturated carbocycles. The summed E-state index contributed by atoms with van der Waals surface area (Å²) in [4.78, 5) is 38.4. The molecule has 4 rings (SSSR count). The van der Waals surface area contributed by atoms with Crippen molar-refractivity contribution in [3.63, 3.8) is 0 Å². The number of nitrogens with zero attached hydrogens (tertiary/aromatic N) is 5. The first-order valence-electron chi connectivity index (χ1n) is 8.59. The second-order valence-electron chi connectivity index (χ2n) is 6.49. The smallest absolute Gasteiger partial charge is 0.352 e. The third kappa shape index (κ3) is 3.88. The van der Waals surface area contributed by atoms with E-state index in [2.05, 4.69) is 36.5 Å². The molecule has 14 heteroatoms. The van der Waals surface area contributed by atoms with Crippen molar-refractivity contribution in [2.24, 2.45) is 7.05 Å². The molecule has 158 valence electrons. The summed E-state index contributed by atoms with van der Waals surface area (Å²) >= 11 is 7.52. The molecule has 4 heterocycles. The molecule has 0 bridgehead atoms. The largest absolute Gasteiger partial charge is 0.477 e. The molecule has 0 radical (unpaired) electrons. The maximum Gasteiger partial charge on any atom is 0.352 e. The molecule has 1 fully saturated rings. The fraction of sp³-hybridized carbons (Fsp3) is 0.375. The number of halogens is 1. The summed E-state index contributed by atoms with van der Waals surface area (Å²) in [6.45, 7) is 1.85. The van der Waals surface area contributed by atoms with Crippen molar-refractivity contribution in [3.8, 4) is 0 Å². The van der Waals surface area contributed by atoms with Gasteiger partial charge in [-0.15, -0.1) is 22.0 Å². The van der Waals surface area contributed by atoms with Gasteiger partial charge in [-0.25, -0.2) is 4.79 Å². The van der Waals surface area contributed by atoms with Gasteiger partial charge in [0.1, 0.15) is 22.1 Å². The van der Waals surface area contributed by atoms with E-state index in [1.54, 1.807) is 13.2 Å². The lowest BCUT2D eigenvalue weighted by Gasteiger charge is -2.49. The third-order valence-electron chi connectivity index (χ3n) is 4.41. The Morgan fingerprint density at radius 2 is 2.20 bits per heavy atom. The second kappa shape index (κ2) is 8.32. The van der Waals surface area contributed by atoms with Gasteiger partial charge in [-0.1, -0.05) is 23.1 Å². The Hall–Kier alpha value is -1.90. The number of aliphatic carboxylic acids is 1. The lowest BCUT2D eigenvalue weighted by Crippen LogP contribution is -2.70. The van der Waals surface area contributed by atoms with Crippen LogP contribution in [0.4, 0.5) is 0 Å². The molecule has 30 heavy (non-hydrogen) atoms. The van der Waals surface area contributed by atoms with E-state index in [4.69, 9.17) is 0 Å². The summed E-state index contributed by atoms with van der Waals surface area (Å²) in [6, 6.07) is -0.800. The number of carbonyl (C=O) groups is 3. The van der Waals surface area contributed by atoms with Gasteiger partial charge in [0.15, 0.2) is 10.0 Å². The Bertz CT molecular complexity index is 1080. The van der Waals surface area contributed by atoms with Gasteiger partial charge in [0.05, 0.1) is 4.47 Å². The van der Waals surface area contributed by atoms with Crippen molar-refractivity contribution in [2.45, 2.75) is 22.7 Å². The van der Waals surface area contributed by atoms with Crippen LogP contribution in [0.25, 0.3) is 0 Å². The van der Waals surface area contributed by atoms with Crippen molar-refractivity contribution >= 4 is 68.6 Å². The highest BCUT2D eigenvalue weighted by Crippen LogP contribution is 2.41. The van der Waals surface area contributed by atoms with Crippen LogP contribution in [0.5, 0.6) is 0 Å². The Kier molecular flexibility index (Phi) is 5.92. The van der Waals surface area contributed by atoms with Crippen LogP contribution >= 0.6 is 50.8 Å². The number of hydrogen-bond acceptors (Lipinski definition) is 9. The van der Waals surface area contributed by atoms with Gasteiger partial charge in [0.25, 0.3) is 11.8 Å². The molecule has 1 saturated heterocycles. The van der Waals surface area contributed by atoms with Crippen LogP contribution in [0.15, 0.2) is 26.3 Å². The number of aryl methyl sites for hydroxylation is 2. The van der Waals surface area contributed by atoms with E-state index in [1.807, 2.05) is 6.92 Å².